The molecule has 0 saturated heterocycles. The van der Waals surface area contributed by atoms with Crippen molar-refractivity contribution in [2.75, 3.05) is 20.8 Å². The molecule has 1 rings (SSSR count). The van der Waals surface area contributed by atoms with Crippen molar-refractivity contribution in [2.24, 2.45) is 0 Å². The molecule has 0 fully saturated rings. The third kappa shape index (κ3) is 5.56. The van der Waals surface area contributed by atoms with Crippen molar-refractivity contribution in [1.82, 2.24) is 5.32 Å². The first-order valence-corrected chi connectivity index (χ1v) is 6.75. The average Bonchev–Trinajstić information content (AvgIpc) is 2.37. The van der Waals surface area contributed by atoms with Crippen molar-refractivity contribution in [1.29, 1.82) is 0 Å². The van der Waals surface area contributed by atoms with Crippen molar-refractivity contribution in [3.05, 3.63) is 33.4 Å². The molecule has 1 aromatic carbocycles. The maximum Gasteiger partial charge on any atom is 0.328 e. The zero-order valence-electron chi connectivity index (χ0n) is 10.8. The van der Waals surface area contributed by atoms with Crippen LogP contribution in [0.25, 0.3) is 0 Å². The van der Waals surface area contributed by atoms with Crippen LogP contribution in [0.4, 0.5) is 0 Å². The molecular weight excluding hydrogens is 361 g/mol. The van der Waals surface area contributed by atoms with Crippen LogP contribution in [-0.2, 0) is 25.5 Å². The highest BCUT2D eigenvalue weighted by molar-refractivity contribution is 14.1. The quantitative estimate of drug-likeness (QED) is 0.597. The van der Waals surface area contributed by atoms with E-state index in [1.807, 2.05) is 24.3 Å². The Balaban J connectivity index is 2.74. The summed E-state index contributed by atoms with van der Waals surface area (Å²) in [6, 6.07) is 7.02. The fourth-order valence-corrected chi connectivity index (χ4v) is 2.21. The molecule has 0 aliphatic heterocycles. The number of benzene rings is 1. The van der Waals surface area contributed by atoms with Crippen LogP contribution in [-0.4, -0.2) is 38.7 Å². The van der Waals surface area contributed by atoms with E-state index >= 15 is 0 Å². The van der Waals surface area contributed by atoms with Crippen molar-refractivity contribution in [2.45, 2.75) is 12.5 Å². The molecule has 5 nitrogen and oxygen atoms in total. The van der Waals surface area contributed by atoms with E-state index in [2.05, 4.69) is 27.9 Å². The van der Waals surface area contributed by atoms with Gasteiger partial charge < -0.3 is 14.8 Å². The van der Waals surface area contributed by atoms with E-state index in [0.29, 0.717) is 6.42 Å². The van der Waals surface area contributed by atoms with Crippen LogP contribution < -0.4 is 5.32 Å². The molecule has 0 unspecified atom stereocenters. The molecule has 1 atom stereocenters. The standard InChI is InChI=1S/C13H16INO4/c1-18-8-12(16)15-11(13(17)19-2)7-9-4-3-5-10(14)6-9/h3-6,11H,7-8H2,1-2H3,(H,15,16)/t11-/m1/s1. The molecule has 19 heavy (non-hydrogen) atoms. The Bertz CT molecular complexity index is 450. The Hall–Kier alpha value is -1.15. The number of amides is 1. The third-order valence-corrected chi connectivity index (χ3v) is 3.10. The van der Waals surface area contributed by atoms with Crippen LogP contribution in [0.1, 0.15) is 5.56 Å². The molecule has 104 valence electrons. The van der Waals surface area contributed by atoms with Gasteiger partial charge in [0, 0.05) is 17.1 Å². The molecule has 0 bridgehead atoms. The van der Waals surface area contributed by atoms with E-state index in [1.54, 1.807) is 0 Å². The van der Waals surface area contributed by atoms with Crippen molar-refractivity contribution in [3.8, 4) is 0 Å². The minimum atomic E-state index is -0.703. The number of halogens is 1. The number of carbonyl (C=O) groups is 2. The summed E-state index contributed by atoms with van der Waals surface area (Å²) in [4.78, 5) is 23.1. The molecule has 1 aromatic rings. The minimum absolute atomic E-state index is 0.0835. The van der Waals surface area contributed by atoms with E-state index in [4.69, 9.17) is 9.47 Å². The zero-order valence-corrected chi connectivity index (χ0v) is 13.0. The Labute approximate surface area is 125 Å². The lowest BCUT2D eigenvalue weighted by atomic mass is 10.1. The van der Waals surface area contributed by atoms with Gasteiger partial charge in [-0.05, 0) is 40.3 Å². The number of hydrogen-bond acceptors (Lipinski definition) is 4. The summed E-state index contributed by atoms with van der Waals surface area (Å²) in [5, 5.41) is 2.60. The lowest BCUT2D eigenvalue weighted by Crippen LogP contribution is -2.44. The Kier molecular flexibility index (Phi) is 6.79. The van der Waals surface area contributed by atoms with Gasteiger partial charge in [-0.3, -0.25) is 4.79 Å². The molecule has 1 N–H and O–H groups in total. The van der Waals surface area contributed by atoms with Crippen LogP contribution in [0.3, 0.4) is 0 Å². The number of carbonyl (C=O) groups excluding carboxylic acids is 2. The molecule has 0 radical (unpaired) electrons. The third-order valence-electron chi connectivity index (χ3n) is 2.43. The Morgan fingerprint density at radius 2 is 2.11 bits per heavy atom. The number of hydrogen-bond donors (Lipinski definition) is 1. The minimum Gasteiger partial charge on any atom is -0.467 e. The summed E-state index contributed by atoms with van der Waals surface area (Å²) in [5.74, 6) is -0.813. The van der Waals surface area contributed by atoms with Gasteiger partial charge in [-0.1, -0.05) is 12.1 Å². The average molecular weight is 377 g/mol. The summed E-state index contributed by atoms with van der Waals surface area (Å²) in [7, 11) is 2.72. The maximum atomic E-state index is 11.7. The topological polar surface area (TPSA) is 64.6 Å². The molecular formula is C13H16INO4. The predicted octanol–water partition coefficient (Wildman–Crippen LogP) is 1.14. The van der Waals surface area contributed by atoms with Crippen LogP contribution in [0.2, 0.25) is 0 Å². The van der Waals surface area contributed by atoms with Crippen LogP contribution in [0, 0.1) is 3.57 Å². The summed E-state index contributed by atoms with van der Waals surface area (Å²) in [6.07, 6.45) is 0.388. The van der Waals surface area contributed by atoms with Crippen LogP contribution >= 0.6 is 22.6 Å². The first-order chi connectivity index (χ1) is 9.06. The fraction of sp³-hybridized carbons (Fsp3) is 0.385. The Morgan fingerprint density at radius 1 is 1.37 bits per heavy atom. The lowest BCUT2D eigenvalue weighted by molar-refractivity contribution is -0.145. The van der Waals surface area contributed by atoms with Gasteiger partial charge in [0.25, 0.3) is 0 Å². The zero-order chi connectivity index (χ0) is 14.3. The van der Waals surface area contributed by atoms with E-state index in [9.17, 15) is 9.59 Å². The van der Waals surface area contributed by atoms with Crippen LogP contribution in [0.15, 0.2) is 24.3 Å². The highest BCUT2D eigenvalue weighted by Gasteiger charge is 2.21. The summed E-state index contributed by atoms with van der Waals surface area (Å²) in [6.45, 7) is -0.0835. The Morgan fingerprint density at radius 3 is 2.68 bits per heavy atom. The van der Waals surface area contributed by atoms with Crippen molar-refractivity contribution >= 4 is 34.5 Å². The number of ether oxygens (including phenoxy) is 2. The van der Waals surface area contributed by atoms with E-state index in [-0.39, 0.29) is 12.5 Å². The fourth-order valence-electron chi connectivity index (χ4n) is 1.60. The van der Waals surface area contributed by atoms with Gasteiger partial charge in [0.15, 0.2) is 0 Å². The van der Waals surface area contributed by atoms with Gasteiger partial charge in [-0.15, -0.1) is 0 Å². The number of esters is 1. The van der Waals surface area contributed by atoms with Gasteiger partial charge in [-0.25, -0.2) is 4.79 Å². The monoisotopic (exact) mass is 377 g/mol. The van der Waals surface area contributed by atoms with Crippen LogP contribution in [0.5, 0.6) is 0 Å². The molecule has 1 amide bonds. The predicted molar refractivity (Wildman–Crippen MR) is 78.7 cm³/mol. The molecule has 0 aromatic heterocycles. The number of methoxy groups -OCH3 is 2. The van der Waals surface area contributed by atoms with Gasteiger partial charge in [0.2, 0.25) is 5.91 Å². The number of nitrogens with one attached hydrogen (secondary N) is 1. The summed E-state index contributed by atoms with van der Waals surface area (Å²) >= 11 is 2.19. The second-order valence-corrected chi connectivity index (χ2v) is 5.16. The van der Waals surface area contributed by atoms with E-state index in [0.717, 1.165) is 9.13 Å². The van der Waals surface area contributed by atoms with Crippen molar-refractivity contribution in [3.63, 3.8) is 0 Å². The van der Waals surface area contributed by atoms with Gasteiger partial charge >= 0.3 is 5.97 Å². The van der Waals surface area contributed by atoms with E-state index < -0.39 is 12.0 Å². The second-order valence-electron chi connectivity index (χ2n) is 3.91. The van der Waals surface area contributed by atoms with Gasteiger partial charge in [0.05, 0.1) is 7.11 Å². The highest BCUT2D eigenvalue weighted by atomic mass is 127. The number of rotatable bonds is 6. The van der Waals surface area contributed by atoms with Crippen molar-refractivity contribution < 1.29 is 19.1 Å². The van der Waals surface area contributed by atoms with Gasteiger partial charge in [-0.2, -0.15) is 0 Å². The molecule has 0 aliphatic rings. The maximum absolute atomic E-state index is 11.7. The molecule has 0 heterocycles. The highest BCUT2D eigenvalue weighted by Crippen LogP contribution is 2.10. The summed E-state index contributed by atoms with van der Waals surface area (Å²) < 4.78 is 10.5. The first-order valence-electron chi connectivity index (χ1n) is 5.67. The smallest absolute Gasteiger partial charge is 0.328 e. The molecule has 0 aliphatic carbocycles. The molecule has 0 saturated carbocycles. The lowest BCUT2D eigenvalue weighted by Gasteiger charge is -2.16. The first kappa shape index (κ1) is 15.9. The SMILES string of the molecule is COCC(=O)N[C@H](Cc1cccc(I)c1)C(=O)OC. The molecule has 6 heteroatoms. The largest absolute Gasteiger partial charge is 0.467 e. The normalized spacial score (nSPS) is 11.7. The second kappa shape index (κ2) is 8.11. The van der Waals surface area contributed by atoms with Gasteiger partial charge in [0.1, 0.15) is 12.6 Å². The van der Waals surface area contributed by atoms with E-state index in [1.165, 1.54) is 14.2 Å². The molecule has 0 spiro atoms. The summed E-state index contributed by atoms with van der Waals surface area (Å²) in [5.41, 5.74) is 0.958.